The minimum absolute atomic E-state index is 0.256. The van der Waals surface area contributed by atoms with E-state index in [0.717, 1.165) is 0 Å². The normalized spacial score (nSPS) is 10.0. The Balaban J connectivity index is 1.98. The molecule has 1 amide bonds. The summed E-state index contributed by atoms with van der Waals surface area (Å²) in [6.45, 7) is 0.256. The summed E-state index contributed by atoms with van der Waals surface area (Å²) in [6, 6.07) is 4.96. The van der Waals surface area contributed by atoms with Crippen molar-refractivity contribution >= 4 is 17.5 Å². The quantitative estimate of drug-likeness (QED) is 0.500. The number of nitrogens with two attached hydrogens (primary N) is 1. The van der Waals surface area contributed by atoms with Crippen LogP contribution in [0.2, 0.25) is 5.02 Å². The number of halogens is 1. The number of nitrogens with one attached hydrogen (secondary N) is 1. The molecule has 98 valence electrons. The summed E-state index contributed by atoms with van der Waals surface area (Å²) in [7, 11) is 0. The van der Waals surface area contributed by atoms with E-state index in [-0.39, 0.29) is 12.5 Å². The number of hydrogen-bond acceptors (Lipinski definition) is 5. The third kappa shape index (κ3) is 3.64. The lowest BCUT2D eigenvalue weighted by Crippen LogP contribution is -2.30. The highest BCUT2D eigenvalue weighted by molar-refractivity contribution is 6.30. The van der Waals surface area contributed by atoms with Crippen LogP contribution in [-0.4, -0.2) is 15.9 Å². The van der Waals surface area contributed by atoms with E-state index in [4.69, 9.17) is 22.2 Å². The molecule has 0 saturated carbocycles. The van der Waals surface area contributed by atoms with Crippen molar-refractivity contribution in [3.05, 3.63) is 53.1 Å². The Morgan fingerprint density at radius 1 is 1.37 bits per heavy atom. The molecule has 0 unspecified atom stereocenters. The van der Waals surface area contributed by atoms with E-state index in [0.29, 0.717) is 22.0 Å². The molecule has 6 nitrogen and oxygen atoms in total. The number of ether oxygens (including phenoxy) is 1. The van der Waals surface area contributed by atoms with Crippen molar-refractivity contribution in [1.29, 1.82) is 0 Å². The van der Waals surface area contributed by atoms with Crippen LogP contribution in [0.5, 0.6) is 5.75 Å². The number of hydrogen-bond donors (Lipinski definition) is 2. The van der Waals surface area contributed by atoms with Gasteiger partial charge in [0, 0.05) is 18.5 Å². The molecule has 19 heavy (non-hydrogen) atoms. The summed E-state index contributed by atoms with van der Waals surface area (Å²) in [4.78, 5) is 19.2. The van der Waals surface area contributed by atoms with Crippen LogP contribution in [0.1, 0.15) is 16.1 Å². The van der Waals surface area contributed by atoms with Gasteiger partial charge in [-0.3, -0.25) is 20.2 Å². The first-order chi connectivity index (χ1) is 9.19. The fraction of sp³-hybridized carbons (Fsp3) is 0.0833. The van der Waals surface area contributed by atoms with E-state index in [1.807, 2.05) is 5.43 Å². The monoisotopic (exact) mass is 278 g/mol. The molecule has 2 aromatic heterocycles. The highest BCUT2D eigenvalue weighted by atomic mass is 35.5. The molecule has 0 aliphatic rings. The lowest BCUT2D eigenvalue weighted by Gasteiger charge is -2.06. The Hall–Kier alpha value is -2.18. The zero-order valence-electron chi connectivity index (χ0n) is 9.84. The number of carbonyl (C=O) groups excluding carboxylic acids is 1. The van der Waals surface area contributed by atoms with Crippen LogP contribution in [0.3, 0.4) is 0 Å². The van der Waals surface area contributed by atoms with Crippen molar-refractivity contribution in [2.24, 2.45) is 5.84 Å². The highest BCUT2D eigenvalue weighted by Gasteiger charge is 2.04. The number of nitrogens with zero attached hydrogens (tertiary/aromatic N) is 2. The molecule has 0 aromatic carbocycles. The van der Waals surface area contributed by atoms with Crippen molar-refractivity contribution in [1.82, 2.24) is 15.4 Å². The third-order valence-corrected chi connectivity index (χ3v) is 2.49. The lowest BCUT2D eigenvalue weighted by atomic mass is 10.2. The second-order valence-electron chi connectivity index (χ2n) is 3.64. The highest BCUT2D eigenvalue weighted by Crippen LogP contribution is 2.16. The molecule has 0 aliphatic carbocycles. The molecule has 3 N–H and O–H groups in total. The first-order valence-electron chi connectivity index (χ1n) is 5.38. The molecule has 0 bridgehead atoms. The van der Waals surface area contributed by atoms with Crippen molar-refractivity contribution in [2.45, 2.75) is 6.61 Å². The van der Waals surface area contributed by atoms with Gasteiger partial charge in [-0.05, 0) is 12.1 Å². The first kappa shape index (κ1) is 13.3. The fourth-order valence-electron chi connectivity index (χ4n) is 1.36. The third-order valence-electron chi connectivity index (χ3n) is 2.28. The van der Waals surface area contributed by atoms with Gasteiger partial charge in [0.05, 0.1) is 22.5 Å². The molecular weight excluding hydrogens is 268 g/mol. The van der Waals surface area contributed by atoms with E-state index >= 15 is 0 Å². The Morgan fingerprint density at radius 3 is 2.84 bits per heavy atom. The summed E-state index contributed by atoms with van der Waals surface area (Å²) in [5.41, 5.74) is 3.09. The van der Waals surface area contributed by atoms with E-state index in [1.165, 1.54) is 12.4 Å². The van der Waals surface area contributed by atoms with Gasteiger partial charge in [-0.25, -0.2) is 5.84 Å². The molecule has 2 rings (SSSR count). The predicted octanol–water partition coefficient (Wildman–Crippen LogP) is 1.31. The van der Waals surface area contributed by atoms with Crippen LogP contribution in [0.4, 0.5) is 0 Å². The largest absolute Gasteiger partial charge is 0.486 e. The number of amides is 1. The molecule has 2 heterocycles. The van der Waals surface area contributed by atoms with Gasteiger partial charge in [0.25, 0.3) is 5.91 Å². The Labute approximate surface area is 114 Å². The molecule has 0 spiro atoms. The van der Waals surface area contributed by atoms with Crippen LogP contribution in [0.25, 0.3) is 0 Å². The number of pyridine rings is 2. The number of rotatable bonds is 4. The Kier molecular flexibility index (Phi) is 4.27. The van der Waals surface area contributed by atoms with Gasteiger partial charge in [-0.1, -0.05) is 11.6 Å². The molecule has 0 fully saturated rings. The predicted molar refractivity (Wildman–Crippen MR) is 69.5 cm³/mol. The van der Waals surface area contributed by atoms with Crippen LogP contribution in [0.15, 0.2) is 36.8 Å². The average Bonchev–Trinajstić information content (AvgIpc) is 2.45. The SMILES string of the molecule is NNC(=O)c1ccc(COc2cncc(Cl)c2)nc1. The van der Waals surface area contributed by atoms with Crippen molar-refractivity contribution in [2.75, 3.05) is 0 Å². The number of hydrazine groups is 1. The van der Waals surface area contributed by atoms with Crippen molar-refractivity contribution < 1.29 is 9.53 Å². The molecule has 0 radical (unpaired) electrons. The topological polar surface area (TPSA) is 90.1 Å². The molecular formula is C12H11ClN4O2. The average molecular weight is 279 g/mol. The second-order valence-corrected chi connectivity index (χ2v) is 4.08. The van der Waals surface area contributed by atoms with Gasteiger partial charge in [-0.2, -0.15) is 0 Å². The maximum absolute atomic E-state index is 11.2. The Bertz CT molecular complexity index is 574. The van der Waals surface area contributed by atoms with Gasteiger partial charge in [0.1, 0.15) is 12.4 Å². The molecule has 0 atom stereocenters. The van der Waals surface area contributed by atoms with Gasteiger partial charge in [-0.15, -0.1) is 0 Å². The molecule has 0 saturated heterocycles. The summed E-state index contributed by atoms with van der Waals surface area (Å²) in [6.07, 6.45) is 4.51. The second kappa shape index (κ2) is 6.12. The smallest absolute Gasteiger partial charge is 0.266 e. The van der Waals surface area contributed by atoms with Crippen molar-refractivity contribution in [3.63, 3.8) is 0 Å². The van der Waals surface area contributed by atoms with E-state index in [2.05, 4.69) is 9.97 Å². The van der Waals surface area contributed by atoms with Crippen LogP contribution in [0, 0.1) is 0 Å². The summed E-state index contributed by atoms with van der Waals surface area (Å²) in [5, 5.41) is 0.500. The summed E-state index contributed by atoms with van der Waals surface area (Å²) >= 11 is 5.78. The van der Waals surface area contributed by atoms with Crippen LogP contribution >= 0.6 is 11.6 Å². The minimum atomic E-state index is -0.390. The summed E-state index contributed by atoms with van der Waals surface area (Å²) in [5.74, 6) is 5.18. The molecule has 2 aromatic rings. The maximum atomic E-state index is 11.2. The van der Waals surface area contributed by atoms with E-state index in [9.17, 15) is 4.79 Å². The number of nitrogen functional groups attached to an aromatic ring is 1. The van der Waals surface area contributed by atoms with Gasteiger partial charge in [0.15, 0.2) is 0 Å². The fourth-order valence-corrected chi connectivity index (χ4v) is 1.52. The zero-order chi connectivity index (χ0) is 13.7. The van der Waals surface area contributed by atoms with Crippen molar-refractivity contribution in [3.8, 4) is 5.75 Å². The Morgan fingerprint density at radius 2 is 2.21 bits per heavy atom. The van der Waals surface area contributed by atoms with Gasteiger partial charge in [0.2, 0.25) is 0 Å². The van der Waals surface area contributed by atoms with Gasteiger partial charge >= 0.3 is 0 Å². The minimum Gasteiger partial charge on any atom is -0.486 e. The zero-order valence-corrected chi connectivity index (χ0v) is 10.6. The number of carbonyl (C=O) groups is 1. The molecule has 7 heteroatoms. The molecule has 0 aliphatic heterocycles. The van der Waals surface area contributed by atoms with Gasteiger partial charge < -0.3 is 4.74 Å². The standard InChI is InChI=1S/C12H11ClN4O2/c13-9-3-11(6-15-5-9)19-7-10-2-1-8(4-16-10)12(18)17-14/h1-6H,7,14H2,(H,17,18). The first-order valence-corrected chi connectivity index (χ1v) is 5.76. The maximum Gasteiger partial charge on any atom is 0.266 e. The number of aromatic nitrogens is 2. The van der Waals surface area contributed by atoms with Crippen LogP contribution in [-0.2, 0) is 6.61 Å². The summed E-state index contributed by atoms with van der Waals surface area (Å²) < 4.78 is 5.46. The van der Waals surface area contributed by atoms with Crippen LogP contribution < -0.4 is 16.0 Å². The van der Waals surface area contributed by atoms with E-state index in [1.54, 1.807) is 24.4 Å². The van der Waals surface area contributed by atoms with E-state index < -0.39 is 0 Å². The lowest BCUT2D eigenvalue weighted by molar-refractivity contribution is 0.0953.